The number of hydrogen-bond acceptors (Lipinski definition) is 7. The molecule has 0 spiro atoms. The number of hydrogen-bond donors (Lipinski definition) is 0. The van der Waals surface area contributed by atoms with Crippen molar-refractivity contribution in [2.24, 2.45) is 0 Å². The minimum atomic E-state index is -0.439. The van der Waals surface area contributed by atoms with Gasteiger partial charge >= 0.3 is 0 Å². The number of ether oxygens (including phenoxy) is 1. The van der Waals surface area contributed by atoms with E-state index in [2.05, 4.69) is 0 Å². The van der Waals surface area contributed by atoms with Gasteiger partial charge in [-0.15, -0.1) is 0 Å². The average Bonchev–Trinajstić information content (AvgIpc) is 3.23. The summed E-state index contributed by atoms with van der Waals surface area (Å²) in [7, 11) is 0. The summed E-state index contributed by atoms with van der Waals surface area (Å²) >= 11 is 1.69. The van der Waals surface area contributed by atoms with Gasteiger partial charge in [0, 0.05) is 13.1 Å². The second-order valence-corrected chi connectivity index (χ2v) is 9.07. The molecule has 2 heterocycles. The highest BCUT2D eigenvalue weighted by Crippen LogP contribution is 2.34. The van der Waals surface area contributed by atoms with Crippen molar-refractivity contribution in [3.05, 3.63) is 75.5 Å². The lowest BCUT2D eigenvalue weighted by atomic mass is 10.2. The van der Waals surface area contributed by atoms with Gasteiger partial charge < -0.3 is 4.74 Å². The lowest BCUT2D eigenvalue weighted by Crippen LogP contribution is -2.39. The standard InChI is InChI=1S/C24H20N2O5S2/c1-2-31-18-10-8-17(9-11-18)15-20-22(28)26(24(30)33-20)13-12-25-21(27)19(32-23(25)29)14-16-6-4-3-5-7-16/h3-11,14-15H,2,12-13H2,1H3/b19-14-,20-15-. The molecule has 4 rings (SSSR count). The summed E-state index contributed by atoms with van der Waals surface area (Å²) in [5.41, 5.74) is 1.58. The molecule has 2 aromatic carbocycles. The van der Waals surface area contributed by atoms with Crippen molar-refractivity contribution in [1.29, 1.82) is 0 Å². The van der Waals surface area contributed by atoms with Crippen LogP contribution < -0.4 is 4.74 Å². The monoisotopic (exact) mass is 480 g/mol. The molecule has 0 aliphatic carbocycles. The van der Waals surface area contributed by atoms with Gasteiger partial charge in [0.05, 0.1) is 16.4 Å². The van der Waals surface area contributed by atoms with E-state index in [1.54, 1.807) is 36.4 Å². The van der Waals surface area contributed by atoms with E-state index in [1.807, 2.05) is 37.3 Å². The third-order valence-electron chi connectivity index (χ3n) is 4.88. The van der Waals surface area contributed by atoms with Crippen molar-refractivity contribution < 1.29 is 23.9 Å². The number of imide groups is 2. The Morgan fingerprint density at radius 2 is 1.21 bits per heavy atom. The van der Waals surface area contributed by atoms with Gasteiger partial charge in [0.25, 0.3) is 22.3 Å². The van der Waals surface area contributed by atoms with Gasteiger partial charge in [-0.25, -0.2) is 0 Å². The molecule has 7 nitrogen and oxygen atoms in total. The van der Waals surface area contributed by atoms with Gasteiger partial charge in [0.2, 0.25) is 0 Å². The molecule has 2 saturated heterocycles. The van der Waals surface area contributed by atoms with E-state index < -0.39 is 22.3 Å². The molecule has 9 heteroatoms. The van der Waals surface area contributed by atoms with E-state index in [0.717, 1.165) is 50.2 Å². The van der Waals surface area contributed by atoms with Crippen LogP contribution in [0.4, 0.5) is 9.59 Å². The van der Waals surface area contributed by atoms with Crippen molar-refractivity contribution >= 4 is 58.0 Å². The largest absolute Gasteiger partial charge is 0.494 e. The second kappa shape index (κ2) is 10.1. The van der Waals surface area contributed by atoms with Crippen LogP contribution in [0.25, 0.3) is 12.2 Å². The van der Waals surface area contributed by atoms with Crippen molar-refractivity contribution in [2.75, 3.05) is 19.7 Å². The highest BCUT2D eigenvalue weighted by atomic mass is 32.2. The summed E-state index contributed by atoms with van der Waals surface area (Å²) in [6.45, 7) is 2.35. The summed E-state index contributed by atoms with van der Waals surface area (Å²) in [6.07, 6.45) is 3.30. The van der Waals surface area contributed by atoms with E-state index in [4.69, 9.17) is 4.74 Å². The predicted molar refractivity (Wildman–Crippen MR) is 129 cm³/mol. The fourth-order valence-corrected chi connectivity index (χ4v) is 4.99. The molecule has 33 heavy (non-hydrogen) atoms. The Balaban J connectivity index is 1.40. The molecule has 0 radical (unpaired) electrons. The fraction of sp³-hybridized carbons (Fsp3) is 0.167. The number of nitrogens with zero attached hydrogens (tertiary/aromatic N) is 2. The molecule has 168 valence electrons. The smallest absolute Gasteiger partial charge is 0.293 e. The third-order valence-corrected chi connectivity index (χ3v) is 6.70. The molecule has 0 N–H and O–H groups in total. The lowest BCUT2D eigenvalue weighted by molar-refractivity contribution is -0.125. The van der Waals surface area contributed by atoms with Crippen LogP contribution in [0.5, 0.6) is 5.75 Å². The van der Waals surface area contributed by atoms with Crippen molar-refractivity contribution in [2.45, 2.75) is 6.92 Å². The Bertz CT molecular complexity index is 1160. The zero-order chi connectivity index (χ0) is 23.4. The Kier molecular flexibility index (Phi) is 7.00. The molecule has 2 aliphatic heterocycles. The van der Waals surface area contributed by atoms with E-state index in [1.165, 1.54) is 0 Å². The Morgan fingerprint density at radius 3 is 1.70 bits per heavy atom. The van der Waals surface area contributed by atoms with Crippen LogP contribution in [0.1, 0.15) is 18.1 Å². The maximum Gasteiger partial charge on any atom is 0.293 e. The molecule has 4 amide bonds. The van der Waals surface area contributed by atoms with Crippen molar-refractivity contribution in [3.8, 4) is 5.75 Å². The second-order valence-electron chi connectivity index (χ2n) is 7.08. The topological polar surface area (TPSA) is 84.0 Å². The SMILES string of the molecule is CCOc1ccc(/C=C2\SC(=O)N(CCN3C(=O)S/C(=C\c4ccccc4)C3=O)C2=O)cc1. The summed E-state index contributed by atoms with van der Waals surface area (Å²) in [5, 5.41) is -0.844. The van der Waals surface area contributed by atoms with Crippen LogP contribution in [0, 0.1) is 0 Å². The first-order chi connectivity index (χ1) is 16.0. The zero-order valence-corrected chi connectivity index (χ0v) is 19.4. The summed E-state index contributed by atoms with van der Waals surface area (Å²) in [6, 6.07) is 16.4. The number of thioether (sulfide) groups is 2. The first-order valence-corrected chi connectivity index (χ1v) is 11.9. The Labute approximate surface area is 199 Å². The quantitative estimate of drug-likeness (QED) is 0.524. The van der Waals surface area contributed by atoms with Crippen molar-refractivity contribution in [1.82, 2.24) is 9.80 Å². The minimum absolute atomic E-state index is 0.0504. The molecule has 2 aromatic rings. The Hall–Kier alpha value is -3.30. The zero-order valence-electron chi connectivity index (χ0n) is 17.7. The van der Waals surface area contributed by atoms with E-state index in [9.17, 15) is 19.2 Å². The number of carbonyl (C=O) groups is 4. The molecule has 2 fully saturated rings. The summed E-state index contributed by atoms with van der Waals surface area (Å²) < 4.78 is 5.40. The normalized spacial score (nSPS) is 18.8. The molecule has 2 aliphatic rings. The molecular weight excluding hydrogens is 460 g/mol. The molecular formula is C24H20N2O5S2. The first-order valence-electron chi connectivity index (χ1n) is 10.2. The van der Waals surface area contributed by atoms with E-state index >= 15 is 0 Å². The van der Waals surface area contributed by atoms with Gasteiger partial charge in [0.1, 0.15) is 5.75 Å². The third kappa shape index (κ3) is 5.20. The number of carbonyl (C=O) groups excluding carboxylic acids is 4. The van der Waals surface area contributed by atoms with E-state index in [-0.39, 0.29) is 13.1 Å². The molecule has 0 saturated carbocycles. The Morgan fingerprint density at radius 1 is 0.727 bits per heavy atom. The number of rotatable bonds is 7. The molecule has 0 aromatic heterocycles. The van der Waals surface area contributed by atoms with Crippen LogP contribution in [0.2, 0.25) is 0 Å². The van der Waals surface area contributed by atoms with Gasteiger partial charge in [-0.2, -0.15) is 0 Å². The average molecular weight is 481 g/mol. The van der Waals surface area contributed by atoms with Gasteiger partial charge in [-0.3, -0.25) is 29.0 Å². The highest BCUT2D eigenvalue weighted by molar-refractivity contribution is 8.18. The maximum atomic E-state index is 12.7. The predicted octanol–water partition coefficient (Wildman–Crippen LogP) is 4.86. The minimum Gasteiger partial charge on any atom is -0.494 e. The maximum absolute atomic E-state index is 12.7. The molecule has 0 unspecified atom stereocenters. The molecule has 0 bridgehead atoms. The fourth-order valence-electron chi connectivity index (χ4n) is 3.26. The van der Waals surface area contributed by atoms with Crippen molar-refractivity contribution in [3.63, 3.8) is 0 Å². The number of benzene rings is 2. The molecule has 0 atom stereocenters. The first kappa shape index (κ1) is 22.9. The summed E-state index contributed by atoms with van der Waals surface area (Å²) in [4.78, 5) is 52.9. The van der Waals surface area contributed by atoms with Crippen LogP contribution in [0.3, 0.4) is 0 Å². The highest BCUT2D eigenvalue weighted by Gasteiger charge is 2.39. The van der Waals surface area contributed by atoms with Gasteiger partial charge in [-0.1, -0.05) is 42.5 Å². The van der Waals surface area contributed by atoms with Gasteiger partial charge in [0.15, 0.2) is 0 Å². The summed E-state index contributed by atoms with van der Waals surface area (Å²) in [5.74, 6) is -0.141. The van der Waals surface area contributed by atoms with Crippen LogP contribution in [-0.4, -0.2) is 51.8 Å². The lowest BCUT2D eigenvalue weighted by Gasteiger charge is -2.17. The van der Waals surface area contributed by atoms with Crippen LogP contribution >= 0.6 is 23.5 Å². The van der Waals surface area contributed by atoms with Gasteiger partial charge in [-0.05, 0) is 65.9 Å². The van der Waals surface area contributed by atoms with Crippen LogP contribution in [-0.2, 0) is 9.59 Å². The van der Waals surface area contributed by atoms with Crippen LogP contribution in [0.15, 0.2) is 64.4 Å². The number of amides is 4. The van der Waals surface area contributed by atoms with E-state index in [0.29, 0.717) is 16.4 Å².